The van der Waals surface area contributed by atoms with E-state index in [1.54, 1.807) is 11.8 Å². The molecule has 6 nitrogen and oxygen atoms in total. The number of carbonyl (C=O) groups excluding carboxylic acids is 1. The van der Waals surface area contributed by atoms with Gasteiger partial charge < -0.3 is 10.0 Å². The molecule has 0 bridgehead atoms. The molecule has 2 atom stereocenters. The van der Waals surface area contributed by atoms with Crippen LogP contribution in [0.3, 0.4) is 0 Å². The summed E-state index contributed by atoms with van der Waals surface area (Å²) in [6.45, 7) is 2.20. The van der Waals surface area contributed by atoms with Crippen LogP contribution in [0.15, 0.2) is 18.6 Å². The van der Waals surface area contributed by atoms with E-state index in [0.717, 1.165) is 0 Å². The number of rotatable bonds is 2. The third-order valence-corrected chi connectivity index (χ3v) is 3.12. The predicted molar refractivity (Wildman–Crippen MR) is 58.3 cm³/mol. The quantitative estimate of drug-likeness (QED) is 0.802. The Labute approximate surface area is 98.3 Å². The highest BCUT2D eigenvalue weighted by Crippen LogP contribution is 2.25. The van der Waals surface area contributed by atoms with Crippen molar-refractivity contribution in [1.82, 2.24) is 14.9 Å². The molecule has 6 heteroatoms. The summed E-state index contributed by atoms with van der Waals surface area (Å²) in [5, 5.41) is 8.99. The van der Waals surface area contributed by atoms with Crippen molar-refractivity contribution in [2.45, 2.75) is 19.4 Å². The molecular weight excluding hydrogens is 222 g/mol. The van der Waals surface area contributed by atoms with Crippen molar-refractivity contribution in [3.05, 3.63) is 24.3 Å². The van der Waals surface area contributed by atoms with E-state index in [-0.39, 0.29) is 17.6 Å². The molecule has 1 aromatic rings. The van der Waals surface area contributed by atoms with Crippen LogP contribution in [-0.4, -0.2) is 44.4 Å². The standard InChI is InChI=1S/C11H13N3O3/c1-7-8(11(16)17)2-5-14(7)10(15)9-6-12-3-4-13-9/h3-4,6-8H,2,5H2,1H3,(H,16,17). The van der Waals surface area contributed by atoms with E-state index >= 15 is 0 Å². The Bertz CT molecular complexity index is 435. The lowest BCUT2D eigenvalue weighted by molar-refractivity contribution is -0.142. The second kappa shape index (κ2) is 4.48. The zero-order valence-electron chi connectivity index (χ0n) is 9.41. The maximum atomic E-state index is 12.1. The average molecular weight is 235 g/mol. The highest BCUT2D eigenvalue weighted by molar-refractivity contribution is 5.93. The van der Waals surface area contributed by atoms with Crippen molar-refractivity contribution >= 4 is 11.9 Å². The molecule has 1 N–H and O–H groups in total. The Hall–Kier alpha value is -1.98. The molecule has 1 saturated heterocycles. The van der Waals surface area contributed by atoms with Gasteiger partial charge >= 0.3 is 5.97 Å². The average Bonchev–Trinajstić information content (AvgIpc) is 2.71. The van der Waals surface area contributed by atoms with Crippen molar-refractivity contribution in [3.8, 4) is 0 Å². The van der Waals surface area contributed by atoms with Gasteiger partial charge in [-0.1, -0.05) is 0 Å². The van der Waals surface area contributed by atoms with Gasteiger partial charge in [-0.25, -0.2) is 4.98 Å². The van der Waals surface area contributed by atoms with Crippen LogP contribution in [0.2, 0.25) is 0 Å². The molecular formula is C11H13N3O3. The molecule has 0 aliphatic carbocycles. The smallest absolute Gasteiger partial charge is 0.308 e. The molecule has 2 rings (SSSR count). The zero-order valence-corrected chi connectivity index (χ0v) is 9.41. The lowest BCUT2D eigenvalue weighted by Crippen LogP contribution is -2.38. The van der Waals surface area contributed by atoms with Gasteiger partial charge in [-0.3, -0.25) is 14.6 Å². The normalized spacial score (nSPS) is 23.7. The highest BCUT2D eigenvalue weighted by atomic mass is 16.4. The minimum atomic E-state index is -0.855. The first kappa shape index (κ1) is 11.5. The number of nitrogens with zero attached hydrogens (tertiary/aromatic N) is 3. The number of carboxylic acids is 1. The number of aromatic nitrogens is 2. The Balaban J connectivity index is 2.15. The van der Waals surface area contributed by atoms with Crippen LogP contribution in [-0.2, 0) is 4.79 Å². The summed E-state index contributed by atoms with van der Waals surface area (Å²) in [6.07, 6.45) is 4.82. The maximum Gasteiger partial charge on any atom is 0.308 e. The van der Waals surface area contributed by atoms with E-state index < -0.39 is 11.9 Å². The largest absolute Gasteiger partial charge is 0.481 e. The van der Waals surface area contributed by atoms with Crippen LogP contribution in [0, 0.1) is 5.92 Å². The van der Waals surface area contributed by atoms with E-state index in [4.69, 9.17) is 5.11 Å². The van der Waals surface area contributed by atoms with Gasteiger partial charge in [0.1, 0.15) is 5.69 Å². The SMILES string of the molecule is CC1C(C(=O)O)CCN1C(=O)c1cnccn1. The van der Waals surface area contributed by atoms with Crippen LogP contribution in [0.5, 0.6) is 0 Å². The highest BCUT2D eigenvalue weighted by Gasteiger charge is 2.38. The fourth-order valence-corrected chi connectivity index (χ4v) is 2.11. The molecule has 2 heterocycles. The van der Waals surface area contributed by atoms with Gasteiger partial charge in [0.25, 0.3) is 5.91 Å². The van der Waals surface area contributed by atoms with E-state index in [0.29, 0.717) is 13.0 Å². The molecule has 1 fully saturated rings. The third-order valence-electron chi connectivity index (χ3n) is 3.12. The second-order valence-electron chi connectivity index (χ2n) is 4.06. The number of carbonyl (C=O) groups is 2. The minimum Gasteiger partial charge on any atom is -0.481 e. The molecule has 0 saturated carbocycles. The van der Waals surface area contributed by atoms with Crippen molar-refractivity contribution in [3.63, 3.8) is 0 Å². The molecule has 0 aromatic carbocycles. The monoisotopic (exact) mass is 235 g/mol. The van der Waals surface area contributed by atoms with Gasteiger partial charge in [-0.15, -0.1) is 0 Å². The van der Waals surface area contributed by atoms with Crippen molar-refractivity contribution in [2.24, 2.45) is 5.92 Å². The Morgan fingerprint density at radius 2 is 2.24 bits per heavy atom. The maximum absolute atomic E-state index is 12.1. The second-order valence-corrected chi connectivity index (χ2v) is 4.06. The predicted octanol–water partition coefficient (Wildman–Crippen LogP) is 0.412. The summed E-state index contributed by atoms with van der Waals surface area (Å²) < 4.78 is 0. The van der Waals surface area contributed by atoms with E-state index in [1.807, 2.05) is 0 Å². The molecule has 1 aromatic heterocycles. The van der Waals surface area contributed by atoms with E-state index in [2.05, 4.69) is 9.97 Å². The van der Waals surface area contributed by atoms with Crippen molar-refractivity contribution in [1.29, 1.82) is 0 Å². The van der Waals surface area contributed by atoms with Gasteiger partial charge in [0, 0.05) is 25.0 Å². The summed E-state index contributed by atoms with van der Waals surface area (Å²) in [4.78, 5) is 32.3. The van der Waals surface area contributed by atoms with Gasteiger partial charge in [-0.2, -0.15) is 0 Å². The van der Waals surface area contributed by atoms with Gasteiger partial charge in [-0.05, 0) is 13.3 Å². The summed E-state index contributed by atoms with van der Waals surface area (Å²) >= 11 is 0. The number of hydrogen-bond acceptors (Lipinski definition) is 4. The Morgan fingerprint density at radius 3 is 2.76 bits per heavy atom. The lowest BCUT2D eigenvalue weighted by Gasteiger charge is -2.22. The van der Waals surface area contributed by atoms with Crippen LogP contribution in [0.4, 0.5) is 0 Å². The van der Waals surface area contributed by atoms with Crippen LogP contribution in [0.1, 0.15) is 23.8 Å². The van der Waals surface area contributed by atoms with Gasteiger partial charge in [0.05, 0.1) is 12.1 Å². The van der Waals surface area contributed by atoms with Crippen LogP contribution < -0.4 is 0 Å². The minimum absolute atomic E-state index is 0.255. The summed E-state index contributed by atoms with van der Waals surface area (Å²) in [5.74, 6) is -1.60. The number of carboxylic acid groups (broad SMARTS) is 1. The lowest BCUT2D eigenvalue weighted by atomic mass is 10.0. The van der Waals surface area contributed by atoms with Crippen molar-refractivity contribution < 1.29 is 14.7 Å². The topological polar surface area (TPSA) is 83.4 Å². The van der Waals surface area contributed by atoms with E-state index in [1.165, 1.54) is 18.6 Å². The number of likely N-dealkylation sites (tertiary alicyclic amines) is 1. The van der Waals surface area contributed by atoms with Crippen LogP contribution >= 0.6 is 0 Å². The molecule has 0 spiro atoms. The molecule has 0 radical (unpaired) electrons. The Kier molecular flexibility index (Phi) is 3.03. The molecule has 1 aliphatic rings. The molecule has 90 valence electrons. The van der Waals surface area contributed by atoms with Crippen molar-refractivity contribution in [2.75, 3.05) is 6.54 Å². The first-order valence-corrected chi connectivity index (χ1v) is 5.41. The number of hydrogen-bond donors (Lipinski definition) is 1. The number of aliphatic carboxylic acids is 1. The number of amides is 1. The summed E-state index contributed by atoms with van der Waals surface area (Å²) in [7, 11) is 0. The van der Waals surface area contributed by atoms with E-state index in [9.17, 15) is 9.59 Å². The fraction of sp³-hybridized carbons (Fsp3) is 0.455. The third kappa shape index (κ3) is 2.11. The van der Waals surface area contributed by atoms with Crippen LogP contribution in [0.25, 0.3) is 0 Å². The first-order chi connectivity index (χ1) is 8.11. The fourth-order valence-electron chi connectivity index (χ4n) is 2.11. The molecule has 17 heavy (non-hydrogen) atoms. The van der Waals surface area contributed by atoms with Gasteiger partial charge in [0.15, 0.2) is 0 Å². The Morgan fingerprint density at radius 1 is 1.47 bits per heavy atom. The zero-order chi connectivity index (χ0) is 12.4. The van der Waals surface area contributed by atoms with Gasteiger partial charge in [0.2, 0.25) is 0 Å². The first-order valence-electron chi connectivity index (χ1n) is 5.41. The summed E-state index contributed by atoms with van der Waals surface area (Å²) in [6, 6.07) is -0.304. The molecule has 2 unspecified atom stereocenters. The molecule has 1 aliphatic heterocycles. The summed E-state index contributed by atoms with van der Waals surface area (Å²) in [5.41, 5.74) is 0.255. The molecule has 1 amide bonds.